The Kier molecular flexibility index (Phi) is 2.24. The molecule has 0 radical (unpaired) electrons. The van der Waals surface area contributed by atoms with E-state index in [1.807, 2.05) is 18.4 Å². The smallest absolute Gasteiger partial charge is 0.0686 e. The van der Waals surface area contributed by atoms with E-state index < -0.39 is 0 Å². The van der Waals surface area contributed by atoms with Crippen molar-refractivity contribution in [3.8, 4) is 0 Å². The third-order valence-corrected chi connectivity index (χ3v) is 1.41. The summed E-state index contributed by atoms with van der Waals surface area (Å²) in [5.41, 5.74) is 4.16. The van der Waals surface area contributed by atoms with Crippen molar-refractivity contribution in [2.75, 3.05) is 0 Å². The summed E-state index contributed by atoms with van der Waals surface area (Å²) in [6.07, 6.45) is 7.48. The fraction of sp³-hybridized carbons (Fsp3) is 0.333. The third kappa shape index (κ3) is 1.71. The van der Waals surface area contributed by atoms with E-state index in [0.717, 1.165) is 0 Å². The number of nitrogens with zero attached hydrogens (tertiary/aromatic N) is 1. The average Bonchev–Trinajstić information content (AvgIpc) is 2.12. The van der Waals surface area contributed by atoms with Crippen LogP contribution in [0, 0.1) is 5.92 Å². The van der Waals surface area contributed by atoms with Crippen LogP contribution in [0.5, 0.6) is 0 Å². The van der Waals surface area contributed by atoms with Crippen molar-refractivity contribution in [2.24, 2.45) is 10.9 Å². The molecule has 1 nitrogen and oxygen atoms in total. The molecular weight excluding hydrogens is 122 g/mol. The number of hydrogen-bond acceptors (Lipinski definition) is 1. The van der Waals surface area contributed by atoms with E-state index in [1.165, 1.54) is 5.57 Å². The van der Waals surface area contributed by atoms with Gasteiger partial charge in [-0.3, -0.25) is 4.99 Å². The van der Waals surface area contributed by atoms with Gasteiger partial charge in [0.25, 0.3) is 0 Å². The summed E-state index contributed by atoms with van der Waals surface area (Å²) in [6.45, 7) is 4.30. The van der Waals surface area contributed by atoms with Gasteiger partial charge < -0.3 is 0 Å². The highest BCUT2D eigenvalue weighted by molar-refractivity contribution is 5.80. The van der Waals surface area contributed by atoms with Gasteiger partial charge in [0.2, 0.25) is 0 Å². The molecule has 0 spiro atoms. The lowest BCUT2D eigenvalue weighted by Gasteiger charge is -2.01. The minimum Gasteiger partial charge on any atom is -0.256 e. The second-order valence-corrected chi connectivity index (χ2v) is 2.56. The summed E-state index contributed by atoms with van der Waals surface area (Å²) >= 11 is 0. The van der Waals surface area contributed by atoms with Crippen LogP contribution >= 0.6 is 0 Å². The lowest BCUT2D eigenvalue weighted by Crippen LogP contribution is -1.93. The molecule has 1 heteroatoms. The summed E-state index contributed by atoms with van der Waals surface area (Å²) in [6, 6.07) is 0. The van der Waals surface area contributed by atoms with Gasteiger partial charge in [-0.15, -0.1) is 5.73 Å². The monoisotopic (exact) mass is 133 g/mol. The minimum atomic E-state index is 0.549. The summed E-state index contributed by atoms with van der Waals surface area (Å²) in [5, 5.41) is 0. The molecule has 0 fully saturated rings. The van der Waals surface area contributed by atoms with E-state index >= 15 is 0 Å². The first kappa shape index (κ1) is 7.04. The molecule has 0 aromatic carbocycles. The summed E-state index contributed by atoms with van der Waals surface area (Å²) in [5.74, 6) is 0.549. The zero-order chi connectivity index (χ0) is 7.40. The van der Waals surface area contributed by atoms with Gasteiger partial charge in [-0.2, -0.15) is 0 Å². The molecule has 1 rings (SSSR count). The maximum Gasteiger partial charge on any atom is 0.0686 e. The van der Waals surface area contributed by atoms with Crippen molar-refractivity contribution in [3.05, 3.63) is 29.7 Å². The Morgan fingerprint density at radius 3 is 3.00 bits per heavy atom. The van der Waals surface area contributed by atoms with Gasteiger partial charge in [-0.25, -0.2) is 0 Å². The Morgan fingerprint density at radius 1 is 1.50 bits per heavy atom. The predicted molar refractivity (Wildman–Crippen MR) is 44.1 cm³/mol. The first-order valence-electron chi connectivity index (χ1n) is 3.45. The zero-order valence-corrected chi connectivity index (χ0v) is 6.33. The molecule has 0 amide bonds. The Hall–Kier alpha value is -1.07. The van der Waals surface area contributed by atoms with Gasteiger partial charge >= 0.3 is 0 Å². The normalized spacial score (nSPS) is 15.7. The number of allylic oxidation sites excluding steroid dienone is 3. The van der Waals surface area contributed by atoms with Crippen molar-refractivity contribution < 1.29 is 0 Å². The molecule has 0 saturated carbocycles. The maximum absolute atomic E-state index is 4.01. The summed E-state index contributed by atoms with van der Waals surface area (Å²) in [4.78, 5) is 4.01. The second-order valence-electron chi connectivity index (χ2n) is 2.56. The Balaban J connectivity index is 2.81. The third-order valence-electron chi connectivity index (χ3n) is 1.41. The fourth-order valence-corrected chi connectivity index (χ4v) is 0.738. The highest BCUT2D eigenvalue weighted by Gasteiger charge is 1.97. The van der Waals surface area contributed by atoms with E-state index in [2.05, 4.69) is 24.6 Å². The molecular formula is C9H11N. The average molecular weight is 133 g/mol. The lowest BCUT2D eigenvalue weighted by molar-refractivity contribution is 0.807. The first-order valence-corrected chi connectivity index (χ1v) is 3.45. The Bertz CT molecular complexity index is 225. The predicted octanol–water partition coefficient (Wildman–Crippen LogP) is 2.32. The number of hydrogen-bond donors (Lipinski definition) is 0. The Morgan fingerprint density at radius 2 is 2.30 bits per heavy atom. The first-order chi connectivity index (χ1) is 4.80. The van der Waals surface area contributed by atoms with Crippen molar-refractivity contribution >= 4 is 6.21 Å². The number of rotatable bonds is 1. The topological polar surface area (TPSA) is 12.4 Å². The quantitative estimate of drug-likeness (QED) is 0.487. The lowest BCUT2D eigenvalue weighted by atomic mass is 10.0. The van der Waals surface area contributed by atoms with Crippen LogP contribution in [0.25, 0.3) is 0 Å². The van der Waals surface area contributed by atoms with Crippen molar-refractivity contribution in [1.82, 2.24) is 0 Å². The van der Waals surface area contributed by atoms with Crippen LogP contribution in [-0.4, -0.2) is 6.21 Å². The fourth-order valence-electron chi connectivity index (χ4n) is 0.738. The molecule has 0 saturated heterocycles. The van der Waals surface area contributed by atoms with Crippen LogP contribution in [-0.2, 0) is 0 Å². The van der Waals surface area contributed by atoms with Gasteiger partial charge in [0.15, 0.2) is 0 Å². The van der Waals surface area contributed by atoms with Gasteiger partial charge in [0.05, 0.1) is 6.20 Å². The van der Waals surface area contributed by atoms with Crippen LogP contribution in [0.4, 0.5) is 0 Å². The van der Waals surface area contributed by atoms with Gasteiger partial charge in [0.1, 0.15) is 0 Å². The van der Waals surface area contributed by atoms with Crippen LogP contribution in [0.3, 0.4) is 0 Å². The van der Waals surface area contributed by atoms with Crippen LogP contribution in [0.15, 0.2) is 34.6 Å². The molecule has 0 N–H and O–H groups in total. The van der Waals surface area contributed by atoms with E-state index in [0.29, 0.717) is 5.92 Å². The molecule has 0 unspecified atom stereocenters. The van der Waals surface area contributed by atoms with Crippen LogP contribution in [0.2, 0.25) is 0 Å². The summed E-state index contributed by atoms with van der Waals surface area (Å²) in [7, 11) is 0. The SMILES string of the molecule is CC(C)C1=CC=C=CN=C1. The van der Waals surface area contributed by atoms with E-state index in [4.69, 9.17) is 0 Å². The van der Waals surface area contributed by atoms with Gasteiger partial charge in [-0.05, 0) is 23.6 Å². The van der Waals surface area contributed by atoms with Gasteiger partial charge in [0, 0.05) is 6.21 Å². The molecule has 0 atom stereocenters. The highest BCUT2D eigenvalue weighted by Crippen LogP contribution is 2.07. The molecule has 10 heavy (non-hydrogen) atoms. The molecule has 0 aromatic heterocycles. The molecule has 0 bridgehead atoms. The van der Waals surface area contributed by atoms with Crippen molar-refractivity contribution in [1.29, 1.82) is 0 Å². The van der Waals surface area contributed by atoms with Gasteiger partial charge in [-0.1, -0.05) is 13.8 Å². The van der Waals surface area contributed by atoms with E-state index in [1.54, 1.807) is 6.20 Å². The largest absolute Gasteiger partial charge is 0.256 e. The zero-order valence-electron chi connectivity index (χ0n) is 6.33. The molecule has 1 aliphatic heterocycles. The molecule has 52 valence electrons. The highest BCUT2D eigenvalue weighted by atomic mass is 14.7. The number of aliphatic imine (C=N–C) groups is 1. The molecule has 1 heterocycles. The summed E-state index contributed by atoms with van der Waals surface area (Å²) < 4.78 is 0. The molecule has 1 aliphatic rings. The van der Waals surface area contributed by atoms with E-state index in [9.17, 15) is 0 Å². The van der Waals surface area contributed by atoms with Crippen LogP contribution in [0.1, 0.15) is 13.8 Å². The minimum absolute atomic E-state index is 0.549. The van der Waals surface area contributed by atoms with E-state index in [-0.39, 0.29) is 0 Å². The van der Waals surface area contributed by atoms with Crippen molar-refractivity contribution in [2.45, 2.75) is 13.8 Å². The molecule has 0 aliphatic carbocycles. The Labute approximate surface area is 61.5 Å². The second kappa shape index (κ2) is 3.19. The maximum atomic E-state index is 4.01. The van der Waals surface area contributed by atoms with Crippen molar-refractivity contribution in [3.63, 3.8) is 0 Å². The van der Waals surface area contributed by atoms with Crippen LogP contribution < -0.4 is 0 Å². The molecule has 0 aromatic rings. The standard InChI is InChI=1S/C9H11N/c1-8(2)9-5-3-4-6-10-7-9/h3,5-8H,1-2H3.